The molecule has 0 saturated heterocycles. The molecule has 0 rings (SSSR count). The molecule has 38 heavy (non-hydrogen) atoms. The summed E-state index contributed by atoms with van der Waals surface area (Å²) in [6, 6.07) is 0.953. The molecule has 0 fully saturated rings. The number of hydrogen-bond donors (Lipinski definition) is 0. The quantitative estimate of drug-likeness (QED) is 0.0481. The first-order valence-corrected chi connectivity index (χ1v) is 19.3. The first kappa shape index (κ1) is 38.1. The maximum atomic E-state index is 6.13. The summed E-state index contributed by atoms with van der Waals surface area (Å²) in [6.07, 6.45) is 26.7. The SMILES string of the molecule is CCCCCCCCCCCCCCCCCC[N+](CCC)(CCC)CCC[Si](OCC)(OCC)OCC. The van der Waals surface area contributed by atoms with Crippen LogP contribution in [0.5, 0.6) is 0 Å². The summed E-state index contributed by atoms with van der Waals surface area (Å²) >= 11 is 0. The summed E-state index contributed by atoms with van der Waals surface area (Å²) in [7, 11) is -2.53. The summed E-state index contributed by atoms with van der Waals surface area (Å²) in [5, 5.41) is 0. The molecule has 4 nitrogen and oxygen atoms in total. The van der Waals surface area contributed by atoms with Gasteiger partial charge >= 0.3 is 8.80 Å². The molecule has 5 heteroatoms. The number of nitrogens with zero attached hydrogens (tertiary/aromatic N) is 1. The van der Waals surface area contributed by atoms with Gasteiger partial charge in [-0.3, -0.25) is 0 Å². The van der Waals surface area contributed by atoms with Crippen molar-refractivity contribution >= 4 is 8.80 Å². The Hall–Kier alpha value is 0.0569. The number of quaternary nitrogens is 1. The van der Waals surface area contributed by atoms with Gasteiger partial charge in [0.1, 0.15) is 0 Å². The first-order valence-electron chi connectivity index (χ1n) is 17.3. The van der Waals surface area contributed by atoms with Crippen LogP contribution in [0, 0.1) is 0 Å². The maximum absolute atomic E-state index is 6.13. The molecular weight excluding hydrogens is 486 g/mol. The summed E-state index contributed by atoms with van der Waals surface area (Å²) < 4.78 is 19.7. The van der Waals surface area contributed by atoms with Crippen molar-refractivity contribution in [3.05, 3.63) is 0 Å². The zero-order valence-electron chi connectivity index (χ0n) is 27.3. The third kappa shape index (κ3) is 20.0. The van der Waals surface area contributed by atoms with E-state index in [1.165, 1.54) is 146 Å². The fourth-order valence-corrected chi connectivity index (χ4v) is 8.84. The highest BCUT2D eigenvalue weighted by Gasteiger charge is 2.40. The summed E-state index contributed by atoms with van der Waals surface area (Å²) in [5.41, 5.74) is 0. The summed E-state index contributed by atoms with van der Waals surface area (Å²) in [5.74, 6) is 0. The van der Waals surface area contributed by atoms with Crippen LogP contribution in [0.2, 0.25) is 6.04 Å². The molecule has 0 radical (unpaired) electrons. The predicted octanol–water partition coefficient (Wildman–Crippen LogP) is 10.3. The Balaban J connectivity index is 4.20. The van der Waals surface area contributed by atoms with Gasteiger partial charge in [-0.2, -0.15) is 0 Å². The van der Waals surface area contributed by atoms with Gasteiger partial charge in [0.15, 0.2) is 0 Å². The molecular formula is C33H72NO3Si+. The second-order valence-electron chi connectivity index (χ2n) is 11.6. The van der Waals surface area contributed by atoms with Gasteiger partial charge in [0, 0.05) is 32.3 Å². The topological polar surface area (TPSA) is 27.7 Å². The van der Waals surface area contributed by atoms with Gasteiger partial charge in [-0.25, -0.2) is 0 Å². The van der Waals surface area contributed by atoms with Crippen molar-refractivity contribution in [1.82, 2.24) is 0 Å². The number of hydrogen-bond acceptors (Lipinski definition) is 3. The zero-order chi connectivity index (χ0) is 28.2. The average molecular weight is 559 g/mol. The third-order valence-corrected chi connectivity index (χ3v) is 11.2. The molecule has 0 saturated carbocycles. The van der Waals surface area contributed by atoms with E-state index in [-0.39, 0.29) is 0 Å². The van der Waals surface area contributed by atoms with Gasteiger partial charge in [-0.1, -0.05) is 111 Å². The van der Waals surface area contributed by atoms with Crippen LogP contribution in [-0.4, -0.2) is 59.3 Å². The van der Waals surface area contributed by atoms with Crippen molar-refractivity contribution in [2.45, 2.75) is 170 Å². The fourth-order valence-electron chi connectivity index (χ4n) is 6.25. The average Bonchev–Trinajstić information content (AvgIpc) is 2.89. The van der Waals surface area contributed by atoms with Crippen LogP contribution in [-0.2, 0) is 13.3 Å². The molecule has 0 aliphatic rings. The summed E-state index contributed by atoms with van der Waals surface area (Å²) in [6.45, 7) is 20.4. The van der Waals surface area contributed by atoms with Crippen LogP contribution < -0.4 is 0 Å². The van der Waals surface area contributed by atoms with Crippen LogP contribution >= 0.6 is 0 Å². The minimum Gasteiger partial charge on any atom is -0.374 e. The van der Waals surface area contributed by atoms with E-state index in [0.29, 0.717) is 19.8 Å². The highest BCUT2D eigenvalue weighted by atomic mass is 28.4. The molecule has 0 aliphatic heterocycles. The molecule has 230 valence electrons. The Kier molecular flexibility index (Phi) is 27.3. The van der Waals surface area contributed by atoms with Crippen molar-refractivity contribution < 1.29 is 17.8 Å². The van der Waals surface area contributed by atoms with Gasteiger partial charge in [0.25, 0.3) is 0 Å². The minimum atomic E-state index is -2.53. The lowest BCUT2D eigenvalue weighted by molar-refractivity contribution is -0.928. The van der Waals surface area contributed by atoms with Gasteiger partial charge in [0.05, 0.1) is 26.2 Å². The number of rotatable bonds is 31. The smallest absolute Gasteiger partial charge is 0.374 e. The standard InChI is InChI=1S/C33H72NO3Si/c1-7-13-14-15-16-17-18-19-20-21-22-23-24-25-26-27-31-34(29-8-2,30-9-3)32-28-33-38(35-10-4,36-11-5)37-12-6/h7-33H2,1-6H3/q+1. The van der Waals surface area contributed by atoms with Crippen molar-refractivity contribution in [3.63, 3.8) is 0 Å². The number of unbranched alkanes of at least 4 members (excludes halogenated alkanes) is 15. The molecule has 0 spiro atoms. The van der Waals surface area contributed by atoms with Gasteiger partial charge in [-0.05, 0) is 46.5 Å². The predicted molar refractivity (Wildman–Crippen MR) is 170 cm³/mol. The van der Waals surface area contributed by atoms with Crippen molar-refractivity contribution in [3.8, 4) is 0 Å². The molecule has 0 aliphatic carbocycles. The van der Waals surface area contributed by atoms with E-state index in [0.717, 1.165) is 12.5 Å². The second kappa shape index (κ2) is 27.2. The van der Waals surface area contributed by atoms with E-state index in [1.807, 2.05) is 0 Å². The van der Waals surface area contributed by atoms with Crippen LogP contribution in [0.25, 0.3) is 0 Å². The molecule has 0 heterocycles. The molecule has 0 aromatic heterocycles. The highest BCUT2D eigenvalue weighted by Crippen LogP contribution is 2.22. The van der Waals surface area contributed by atoms with Crippen LogP contribution in [0.15, 0.2) is 0 Å². The van der Waals surface area contributed by atoms with E-state index >= 15 is 0 Å². The van der Waals surface area contributed by atoms with E-state index in [9.17, 15) is 0 Å². The normalized spacial score (nSPS) is 12.5. The van der Waals surface area contributed by atoms with Crippen LogP contribution in [0.3, 0.4) is 0 Å². The lowest BCUT2D eigenvalue weighted by atomic mass is 10.0. The Labute approximate surface area is 241 Å². The fraction of sp³-hybridized carbons (Fsp3) is 1.00. The largest absolute Gasteiger partial charge is 0.501 e. The Morgan fingerprint density at radius 3 is 1.05 bits per heavy atom. The van der Waals surface area contributed by atoms with Crippen molar-refractivity contribution in [2.24, 2.45) is 0 Å². The van der Waals surface area contributed by atoms with Gasteiger partial charge < -0.3 is 17.8 Å². The van der Waals surface area contributed by atoms with E-state index in [1.54, 1.807) is 0 Å². The third-order valence-electron chi connectivity index (χ3n) is 8.09. The lowest BCUT2D eigenvalue weighted by Crippen LogP contribution is -2.52. The minimum absolute atomic E-state index is 0.676. The van der Waals surface area contributed by atoms with Crippen LogP contribution in [0.1, 0.15) is 164 Å². The maximum Gasteiger partial charge on any atom is 0.501 e. The van der Waals surface area contributed by atoms with E-state index in [4.69, 9.17) is 13.3 Å². The molecule has 0 bridgehead atoms. The molecule has 0 atom stereocenters. The molecule has 0 amide bonds. The van der Waals surface area contributed by atoms with E-state index < -0.39 is 8.80 Å². The van der Waals surface area contributed by atoms with Crippen LogP contribution in [0.4, 0.5) is 0 Å². The summed E-state index contributed by atoms with van der Waals surface area (Å²) in [4.78, 5) is 0. The Morgan fingerprint density at radius 2 is 0.711 bits per heavy atom. The first-order chi connectivity index (χ1) is 18.6. The molecule has 0 aromatic carbocycles. The molecule has 0 unspecified atom stereocenters. The van der Waals surface area contributed by atoms with Gasteiger partial charge in [0.2, 0.25) is 0 Å². The Morgan fingerprint density at radius 1 is 0.368 bits per heavy atom. The lowest BCUT2D eigenvalue weighted by Gasteiger charge is -2.39. The zero-order valence-corrected chi connectivity index (χ0v) is 28.3. The van der Waals surface area contributed by atoms with E-state index in [2.05, 4.69) is 41.5 Å². The highest BCUT2D eigenvalue weighted by molar-refractivity contribution is 6.60. The molecule has 0 aromatic rings. The van der Waals surface area contributed by atoms with Gasteiger partial charge in [-0.15, -0.1) is 0 Å². The second-order valence-corrected chi connectivity index (χ2v) is 14.4. The monoisotopic (exact) mass is 559 g/mol. The van der Waals surface area contributed by atoms with Crippen molar-refractivity contribution in [2.75, 3.05) is 46.0 Å². The molecule has 0 N–H and O–H groups in total. The van der Waals surface area contributed by atoms with Crippen molar-refractivity contribution in [1.29, 1.82) is 0 Å². The Bertz CT molecular complexity index is 454.